The highest BCUT2D eigenvalue weighted by atomic mass is 19.1. The van der Waals surface area contributed by atoms with Crippen molar-refractivity contribution < 1.29 is 13.9 Å². The van der Waals surface area contributed by atoms with Gasteiger partial charge in [0, 0.05) is 22.2 Å². The number of rotatable bonds is 2. The number of benzene rings is 2. The van der Waals surface area contributed by atoms with Crippen LogP contribution in [0, 0.1) is 5.82 Å². The summed E-state index contributed by atoms with van der Waals surface area (Å²) < 4.78 is 19.4. The van der Waals surface area contributed by atoms with E-state index in [0.29, 0.717) is 17.9 Å². The maximum Gasteiger partial charge on any atom is 0.196 e. The molecular formula is C17H16FNO2. The predicted octanol–water partition coefficient (Wildman–Crippen LogP) is 3.31. The zero-order valence-corrected chi connectivity index (χ0v) is 11.9. The molecule has 3 rings (SSSR count). The van der Waals surface area contributed by atoms with Crippen LogP contribution >= 0.6 is 0 Å². The van der Waals surface area contributed by atoms with Crippen molar-refractivity contribution in [3.05, 3.63) is 58.9 Å². The summed E-state index contributed by atoms with van der Waals surface area (Å²) in [6.07, 6.45) is 0. The molecule has 0 spiro atoms. The summed E-state index contributed by atoms with van der Waals surface area (Å²) in [4.78, 5) is 12.5. The number of carbonyl (C=O) groups excluding carboxylic acids is 1. The van der Waals surface area contributed by atoms with Gasteiger partial charge in [-0.25, -0.2) is 4.39 Å². The van der Waals surface area contributed by atoms with E-state index in [-0.39, 0.29) is 16.8 Å². The third kappa shape index (κ3) is 2.27. The molecule has 0 saturated carbocycles. The third-order valence-corrected chi connectivity index (χ3v) is 3.79. The van der Waals surface area contributed by atoms with Crippen molar-refractivity contribution in [2.45, 2.75) is 19.3 Å². The van der Waals surface area contributed by atoms with Crippen LogP contribution in [0.4, 0.5) is 10.1 Å². The van der Waals surface area contributed by atoms with Gasteiger partial charge in [-0.05, 0) is 36.4 Å². The highest BCUT2D eigenvalue weighted by molar-refractivity contribution is 6.09. The fraction of sp³-hybridized carbons (Fsp3) is 0.235. The average molecular weight is 285 g/mol. The second-order valence-corrected chi connectivity index (χ2v) is 5.95. The number of halogens is 1. The van der Waals surface area contributed by atoms with Crippen LogP contribution in [0.1, 0.15) is 35.3 Å². The van der Waals surface area contributed by atoms with Crippen molar-refractivity contribution in [1.29, 1.82) is 0 Å². The number of carbonyl (C=O) groups is 1. The Kier molecular flexibility index (Phi) is 2.97. The first-order chi connectivity index (χ1) is 9.88. The quantitative estimate of drug-likeness (QED) is 0.680. The predicted molar refractivity (Wildman–Crippen MR) is 79.2 cm³/mol. The number of nitrogens with two attached hydrogens (primary N) is 1. The minimum Gasteiger partial charge on any atom is -0.492 e. The van der Waals surface area contributed by atoms with Crippen LogP contribution in [0.15, 0.2) is 36.4 Å². The summed E-state index contributed by atoms with van der Waals surface area (Å²) in [5.41, 5.74) is 7.25. The molecule has 3 nitrogen and oxygen atoms in total. The minimum absolute atomic E-state index is 0.00771. The van der Waals surface area contributed by atoms with Gasteiger partial charge < -0.3 is 10.5 Å². The smallest absolute Gasteiger partial charge is 0.196 e. The summed E-state index contributed by atoms with van der Waals surface area (Å²) in [6.45, 7) is 4.68. The van der Waals surface area contributed by atoms with E-state index in [1.54, 1.807) is 18.2 Å². The topological polar surface area (TPSA) is 52.3 Å². The van der Waals surface area contributed by atoms with Crippen molar-refractivity contribution in [3.63, 3.8) is 0 Å². The molecule has 4 heteroatoms. The van der Waals surface area contributed by atoms with Gasteiger partial charge in [0.2, 0.25) is 0 Å². The van der Waals surface area contributed by atoms with Crippen molar-refractivity contribution in [3.8, 4) is 5.75 Å². The molecule has 0 unspecified atom stereocenters. The van der Waals surface area contributed by atoms with Gasteiger partial charge in [0.25, 0.3) is 0 Å². The van der Waals surface area contributed by atoms with Crippen LogP contribution in [0.5, 0.6) is 5.75 Å². The van der Waals surface area contributed by atoms with Gasteiger partial charge >= 0.3 is 0 Å². The number of hydrogen-bond acceptors (Lipinski definition) is 3. The lowest BCUT2D eigenvalue weighted by Crippen LogP contribution is -2.18. The van der Waals surface area contributed by atoms with Crippen molar-refractivity contribution >= 4 is 11.5 Å². The molecule has 0 aliphatic carbocycles. The van der Waals surface area contributed by atoms with Gasteiger partial charge in [-0.3, -0.25) is 4.79 Å². The van der Waals surface area contributed by atoms with E-state index in [4.69, 9.17) is 10.5 Å². The molecule has 0 radical (unpaired) electrons. The Morgan fingerprint density at radius 3 is 2.76 bits per heavy atom. The van der Waals surface area contributed by atoms with Gasteiger partial charge in [-0.2, -0.15) is 0 Å². The molecule has 2 N–H and O–H groups in total. The Labute approximate surface area is 122 Å². The highest BCUT2D eigenvalue weighted by Gasteiger charge is 2.32. The second-order valence-electron chi connectivity index (χ2n) is 5.95. The summed E-state index contributed by atoms with van der Waals surface area (Å²) in [5.74, 6) is -0.153. The lowest BCUT2D eigenvalue weighted by atomic mass is 9.85. The SMILES string of the molecule is CC1(C)COc2ccc(C(=O)c3cc(N)ccc3F)cc21. The summed E-state index contributed by atoms with van der Waals surface area (Å²) in [7, 11) is 0. The minimum atomic E-state index is -0.565. The van der Waals surface area contributed by atoms with Crippen LogP contribution < -0.4 is 10.5 Å². The molecule has 0 amide bonds. The van der Waals surface area contributed by atoms with Crippen molar-refractivity contribution in [2.24, 2.45) is 0 Å². The van der Waals surface area contributed by atoms with E-state index in [0.717, 1.165) is 11.3 Å². The highest BCUT2D eigenvalue weighted by Crippen LogP contribution is 2.39. The molecule has 2 aromatic rings. The van der Waals surface area contributed by atoms with Gasteiger partial charge in [-0.1, -0.05) is 13.8 Å². The molecule has 1 heterocycles. The fourth-order valence-electron chi connectivity index (χ4n) is 2.53. The molecule has 0 aromatic heterocycles. The maximum absolute atomic E-state index is 13.8. The Morgan fingerprint density at radius 1 is 1.24 bits per heavy atom. The molecule has 21 heavy (non-hydrogen) atoms. The molecule has 108 valence electrons. The standard InChI is InChI=1S/C17H16FNO2/c1-17(2)9-21-15-6-3-10(7-13(15)17)16(20)12-8-11(19)4-5-14(12)18/h3-8H,9,19H2,1-2H3. The average Bonchev–Trinajstić information content (AvgIpc) is 2.76. The molecule has 0 atom stereocenters. The molecule has 0 bridgehead atoms. The van der Waals surface area contributed by atoms with Crippen LogP contribution in [0.25, 0.3) is 0 Å². The number of fused-ring (bicyclic) bond motifs is 1. The Balaban J connectivity index is 2.06. The molecule has 1 aliphatic heterocycles. The molecule has 0 saturated heterocycles. The summed E-state index contributed by atoms with van der Waals surface area (Å²) >= 11 is 0. The number of hydrogen-bond donors (Lipinski definition) is 1. The van der Waals surface area contributed by atoms with E-state index in [1.165, 1.54) is 18.2 Å². The fourth-order valence-corrected chi connectivity index (χ4v) is 2.53. The van der Waals surface area contributed by atoms with Gasteiger partial charge in [0.15, 0.2) is 5.78 Å². The number of nitrogen functional groups attached to an aromatic ring is 1. The first-order valence-electron chi connectivity index (χ1n) is 6.75. The normalized spacial score (nSPS) is 15.4. The summed E-state index contributed by atoms with van der Waals surface area (Å²) in [5, 5.41) is 0. The van der Waals surface area contributed by atoms with Crippen molar-refractivity contribution in [1.82, 2.24) is 0 Å². The first kappa shape index (κ1) is 13.6. The summed E-state index contributed by atoms with van der Waals surface area (Å²) in [6, 6.07) is 9.22. The number of ether oxygens (including phenoxy) is 1. The van der Waals surface area contributed by atoms with E-state index >= 15 is 0 Å². The van der Waals surface area contributed by atoms with Gasteiger partial charge in [0.05, 0.1) is 12.2 Å². The molecule has 2 aromatic carbocycles. The number of ketones is 1. The molecule has 1 aliphatic rings. The Morgan fingerprint density at radius 2 is 2.00 bits per heavy atom. The monoisotopic (exact) mass is 285 g/mol. The maximum atomic E-state index is 13.8. The second kappa shape index (κ2) is 4.58. The van der Waals surface area contributed by atoms with Crippen LogP contribution in [0.2, 0.25) is 0 Å². The lowest BCUT2D eigenvalue weighted by molar-refractivity contribution is 0.103. The zero-order chi connectivity index (χ0) is 15.2. The largest absolute Gasteiger partial charge is 0.492 e. The van der Waals surface area contributed by atoms with Crippen LogP contribution in [0.3, 0.4) is 0 Å². The van der Waals surface area contributed by atoms with E-state index in [2.05, 4.69) is 0 Å². The van der Waals surface area contributed by atoms with Gasteiger partial charge in [-0.15, -0.1) is 0 Å². The van der Waals surface area contributed by atoms with Crippen molar-refractivity contribution in [2.75, 3.05) is 12.3 Å². The lowest BCUT2D eigenvalue weighted by Gasteiger charge is -2.15. The third-order valence-electron chi connectivity index (χ3n) is 3.79. The van der Waals surface area contributed by atoms with Crippen LogP contribution in [-0.2, 0) is 5.41 Å². The molecular weight excluding hydrogens is 269 g/mol. The zero-order valence-electron chi connectivity index (χ0n) is 11.9. The van der Waals surface area contributed by atoms with E-state index in [9.17, 15) is 9.18 Å². The van der Waals surface area contributed by atoms with Gasteiger partial charge in [0.1, 0.15) is 11.6 Å². The van der Waals surface area contributed by atoms with E-state index in [1.807, 2.05) is 13.8 Å². The molecule has 0 fully saturated rings. The Hall–Kier alpha value is -2.36. The Bertz CT molecular complexity index is 738. The van der Waals surface area contributed by atoms with Crippen LogP contribution in [-0.4, -0.2) is 12.4 Å². The van der Waals surface area contributed by atoms with E-state index < -0.39 is 5.82 Å². The first-order valence-corrected chi connectivity index (χ1v) is 6.75. The number of anilines is 1.